The number of aromatic nitrogens is 1. The Labute approximate surface area is 128 Å². The smallest absolute Gasteiger partial charge is 0.146 e. The number of phenolic OH excluding ortho intramolecular Hbond substituents is 2. The maximum atomic E-state index is 9.45. The third-order valence-corrected chi connectivity index (χ3v) is 3.28. The molecular formula is C17H16N2O3. The molecule has 1 aromatic heterocycles. The van der Waals surface area contributed by atoms with Gasteiger partial charge in [0.05, 0.1) is 12.2 Å². The average Bonchev–Trinajstić information content (AvgIpc) is 2.98. The number of aromatic hydroxyl groups is 2. The number of hydrogen-bond donors (Lipinski definition) is 3. The summed E-state index contributed by atoms with van der Waals surface area (Å²) in [4.78, 5) is 4.10. The lowest BCUT2D eigenvalue weighted by molar-refractivity contribution is 0.431. The number of nitrogens with one attached hydrogen (secondary N) is 1. The van der Waals surface area contributed by atoms with Crippen LogP contribution in [0, 0.1) is 11.8 Å². The van der Waals surface area contributed by atoms with Gasteiger partial charge in [-0.2, -0.15) is 0 Å². The molecular weight excluding hydrogens is 280 g/mol. The Bertz CT molecular complexity index is 708. The minimum atomic E-state index is -0.0637. The first-order valence-electron chi connectivity index (χ1n) is 7.10. The Morgan fingerprint density at radius 3 is 2.64 bits per heavy atom. The van der Waals surface area contributed by atoms with Crippen LogP contribution in [0.4, 0.5) is 0 Å². The van der Waals surface area contributed by atoms with Gasteiger partial charge in [0.1, 0.15) is 23.0 Å². The van der Waals surface area contributed by atoms with Gasteiger partial charge in [-0.1, -0.05) is 11.8 Å². The minimum absolute atomic E-state index is 0.0637. The third-order valence-electron chi connectivity index (χ3n) is 3.28. The maximum Gasteiger partial charge on any atom is 0.146 e. The lowest BCUT2D eigenvalue weighted by Gasteiger charge is -2.06. The van der Waals surface area contributed by atoms with Gasteiger partial charge in [0.15, 0.2) is 0 Å². The Kier molecular flexibility index (Phi) is 4.12. The molecule has 3 rings (SSSR count). The summed E-state index contributed by atoms with van der Waals surface area (Å²) in [5.74, 6) is 6.96. The van der Waals surface area contributed by atoms with Crippen LogP contribution < -0.4 is 10.1 Å². The van der Waals surface area contributed by atoms with Crippen molar-refractivity contribution in [2.24, 2.45) is 0 Å². The summed E-state index contributed by atoms with van der Waals surface area (Å²) in [6, 6.07) is 6.09. The van der Waals surface area contributed by atoms with Gasteiger partial charge < -0.3 is 20.3 Å². The summed E-state index contributed by atoms with van der Waals surface area (Å²) in [6.45, 7) is 1.02. The fraction of sp³-hybridized carbons (Fsp3) is 0.235. The molecule has 5 nitrogen and oxygen atoms in total. The van der Waals surface area contributed by atoms with Crippen molar-refractivity contribution in [2.45, 2.75) is 18.9 Å². The largest absolute Gasteiger partial charge is 0.508 e. The van der Waals surface area contributed by atoms with Crippen molar-refractivity contribution in [2.75, 3.05) is 6.54 Å². The zero-order chi connectivity index (χ0) is 15.4. The molecule has 0 saturated carbocycles. The van der Waals surface area contributed by atoms with Gasteiger partial charge in [0, 0.05) is 30.0 Å². The number of hydrogen-bond acceptors (Lipinski definition) is 5. The van der Waals surface area contributed by atoms with Crippen LogP contribution in [0.2, 0.25) is 0 Å². The highest BCUT2D eigenvalue weighted by atomic mass is 16.5. The molecule has 0 spiro atoms. The molecule has 0 unspecified atom stereocenters. The minimum Gasteiger partial charge on any atom is -0.508 e. The Hall–Kier alpha value is -2.71. The Morgan fingerprint density at radius 2 is 1.91 bits per heavy atom. The Morgan fingerprint density at radius 1 is 1.09 bits per heavy atom. The van der Waals surface area contributed by atoms with E-state index < -0.39 is 0 Å². The molecule has 1 aliphatic heterocycles. The van der Waals surface area contributed by atoms with Crippen LogP contribution in [0.25, 0.3) is 0 Å². The summed E-state index contributed by atoms with van der Waals surface area (Å²) in [5.41, 5.74) is 0.760. The topological polar surface area (TPSA) is 74.6 Å². The van der Waals surface area contributed by atoms with Crippen molar-refractivity contribution in [3.05, 3.63) is 42.2 Å². The van der Waals surface area contributed by atoms with Crippen LogP contribution in [0.15, 0.2) is 36.7 Å². The first-order valence-corrected chi connectivity index (χ1v) is 7.10. The molecule has 0 radical (unpaired) electrons. The van der Waals surface area contributed by atoms with E-state index in [4.69, 9.17) is 4.74 Å². The number of phenols is 2. The number of ether oxygens (including phenoxy) is 1. The molecule has 1 aromatic carbocycles. The molecule has 22 heavy (non-hydrogen) atoms. The van der Waals surface area contributed by atoms with Gasteiger partial charge in [-0.25, -0.2) is 0 Å². The number of pyridine rings is 1. The SMILES string of the molecule is Oc1cc(O)cc(Oc2cncc(C#C[C@H]3CCCN3)c2)c1. The molecule has 2 aromatic rings. The van der Waals surface area contributed by atoms with E-state index in [1.165, 1.54) is 18.2 Å². The zero-order valence-corrected chi connectivity index (χ0v) is 11.9. The highest BCUT2D eigenvalue weighted by Crippen LogP contribution is 2.29. The summed E-state index contributed by atoms with van der Waals surface area (Å²) < 4.78 is 5.59. The van der Waals surface area contributed by atoms with Crippen molar-refractivity contribution in [3.8, 4) is 34.8 Å². The molecule has 3 N–H and O–H groups in total. The van der Waals surface area contributed by atoms with Crippen LogP contribution >= 0.6 is 0 Å². The second-order valence-electron chi connectivity index (χ2n) is 5.11. The van der Waals surface area contributed by atoms with Crippen LogP contribution in [0.1, 0.15) is 18.4 Å². The highest BCUT2D eigenvalue weighted by Gasteiger charge is 2.10. The molecule has 0 bridgehead atoms. The monoisotopic (exact) mass is 296 g/mol. The second kappa shape index (κ2) is 6.37. The van der Waals surface area contributed by atoms with E-state index in [1.807, 2.05) is 0 Å². The lowest BCUT2D eigenvalue weighted by atomic mass is 10.2. The predicted molar refractivity (Wildman–Crippen MR) is 82.0 cm³/mol. The lowest BCUT2D eigenvalue weighted by Crippen LogP contribution is -2.18. The molecule has 112 valence electrons. The van der Waals surface area contributed by atoms with Crippen LogP contribution in [0.5, 0.6) is 23.0 Å². The second-order valence-corrected chi connectivity index (χ2v) is 5.11. The molecule has 2 heterocycles. The molecule has 1 aliphatic rings. The fourth-order valence-corrected chi connectivity index (χ4v) is 2.28. The molecule has 1 atom stereocenters. The summed E-state index contributed by atoms with van der Waals surface area (Å²) in [7, 11) is 0. The van der Waals surface area contributed by atoms with E-state index in [2.05, 4.69) is 22.1 Å². The average molecular weight is 296 g/mol. The zero-order valence-electron chi connectivity index (χ0n) is 11.9. The molecule has 1 saturated heterocycles. The molecule has 5 heteroatoms. The van der Waals surface area contributed by atoms with E-state index in [0.29, 0.717) is 11.5 Å². The normalized spacial score (nSPS) is 16.8. The number of benzene rings is 1. The predicted octanol–water partition coefficient (Wildman–Crippen LogP) is 2.39. The van der Waals surface area contributed by atoms with Gasteiger partial charge in [0.2, 0.25) is 0 Å². The van der Waals surface area contributed by atoms with Crippen molar-refractivity contribution in [3.63, 3.8) is 0 Å². The molecule has 0 amide bonds. The standard InChI is InChI=1S/C17H16N2O3/c20-14-7-15(21)9-16(8-14)22-17-6-12(10-18-11-17)3-4-13-2-1-5-19-13/h6-11,13,19-21H,1-2,5H2/t13-/m1/s1. The van der Waals surface area contributed by atoms with Crippen molar-refractivity contribution in [1.82, 2.24) is 10.3 Å². The van der Waals surface area contributed by atoms with Crippen molar-refractivity contribution in [1.29, 1.82) is 0 Å². The van der Waals surface area contributed by atoms with Crippen molar-refractivity contribution >= 4 is 0 Å². The quantitative estimate of drug-likeness (QED) is 0.742. The van der Waals surface area contributed by atoms with E-state index in [9.17, 15) is 10.2 Å². The van der Waals surface area contributed by atoms with Crippen LogP contribution in [-0.2, 0) is 0 Å². The van der Waals surface area contributed by atoms with Crippen molar-refractivity contribution < 1.29 is 14.9 Å². The molecule has 0 aliphatic carbocycles. The van der Waals surface area contributed by atoms with E-state index in [1.54, 1.807) is 18.5 Å². The maximum absolute atomic E-state index is 9.45. The van der Waals surface area contributed by atoms with E-state index >= 15 is 0 Å². The molecule has 1 fully saturated rings. The number of nitrogens with zero attached hydrogens (tertiary/aromatic N) is 1. The first-order chi connectivity index (χ1) is 10.7. The van der Waals surface area contributed by atoms with Gasteiger partial charge in [-0.15, -0.1) is 0 Å². The highest BCUT2D eigenvalue weighted by molar-refractivity contribution is 5.44. The van der Waals surface area contributed by atoms with Gasteiger partial charge >= 0.3 is 0 Å². The van der Waals surface area contributed by atoms with Gasteiger partial charge in [0.25, 0.3) is 0 Å². The van der Waals surface area contributed by atoms with Gasteiger partial charge in [-0.3, -0.25) is 4.98 Å². The summed E-state index contributed by atoms with van der Waals surface area (Å²) in [5, 5.41) is 22.2. The van der Waals surface area contributed by atoms with Gasteiger partial charge in [-0.05, 0) is 25.5 Å². The van der Waals surface area contributed by atoms with E-state index in [-0.39, 0.29) is 17.5 Å². The first kappa shape index (κ1) is 14.2. The summed E-state index contributed by atoms with van der Waals surface area (Å²) in [6.07, 6.45) is 5.45. The summed E-state index contributed by atoms with van der Waals surface area (Å²) >= 11 is 0. The van der Waals surface area contributed by atoms with Crippen LogP contribution in [-0.4, -0.2) is 27.8 Å². The number of rotatable bonds is 2. The Balaban J connectivity index is 1.75. The fourth-order valence-electron chi connectivity index (χ4n) is 2.28. The van der Waals surface area contributed by atoms with Crippen LogP contribution in [0.3, 0.4) is 0 Å². The van der Waals surface area contributed by atoms with E-state index in [0.717, 1.165) is 24.9 Å². The third kappa shape index (κ3) is 3.68.